The molecule has 32 heavy (non-hydrogen) atoms. The van der Waals surface area contributed by atoms with Crippen LogP contribution in [0.5, 0.6) is 0 Å². The van der Waals surface area contributed by atoms with Crippen LogP contribution in [-0.4, -0.2) is 33.2 Å². The number of carbonyl (C=O) groups is 1. The van der Waals surface area contributed by atoms with Crippen LogP contribution in [-0.2, 0) is 4.74 Å². The van der Waals surface area contributed by atoms with Gasteiger partial charge in [0.05, 0.1) is 30.2 Å². The number of aromatic nitrogens is 2. The first kappa shape index (κ1) is 22.4. The summed E-state index contributed by atoms with van der Waals surface area (Å²) < 4.78 is 34.7. The number of aliphatic hydroxyl groups excluding tert-OH is 1. The van der Waals surface area contributed by atoms with Gasteiger partial charge in [-0.1, -0.05) is 12.1 Å². The predicted molar refractivity (Wildman–Crippen MR) is 120 cm³/mol. The second kappa shape index (κ2) is 9.36. The Morgan fingerprint density at radius 1 is 1.19 bits per heavy atom. The molecule has 1 saturated heterocycles. The molecular weight excluding hydrogens is 435 g/mol. The molecular formula is C23H22F2N3O3P. The number of amides is 1. The highest BCUT2D eigenvalue weighted by Gasteiger charge is 2.29. The number of ether oxygens (including phenoxy) is 1. The maximum Gasteiger partial charge on any atom is 0.274 e. The summed E-state index contributed by atoms with van der Waals surface area (Å²) in [5.41, 5.74) is 0.810. The number of nitrogens with one attached hydrogen (secondary N) is 1. The Balaban J connectivity index is 1.62. The zero-order valence-corrected chi connectivity index (χ0v) is 18.4. The molecule has 4 rings (SSSR count). The normalized spacial score (nSPS) is 20.7. The molecule has 6 nitrogen and oxygen atoms in total. The number of hydrogen-bond acceptors (Lipinski definition) is 5. The lowest BCUT2D eigenvalue weighted by atomic mass is 9.96. The van der Waals surface area contributed by atoms with E-state index in [1.165, 1.54) is 24.4 Å². The van der Waals surface area contributed by atoms with Crippen LogP contribution in [0.4, 0.5) is 14.5 Å². The van der Waals surface area contributed by atoms with Crippen LogP contribution in [0.25, 0.3) is 11.3 Å². The van der Waals surface area contributed by atoms with Crippen LogP contribution in [0, 0.1) is 11.6 Å². The maximum atomic E-state index is 14.5. The lowest BCUT2D eigenvalue weighted by Gasteiger charge is -2.32. The summed E-state index contributed by atoms with van der Waals surface area (Å²) in [5, 5.41) is 13.1. The SMILES string of the molecule is C[C@@H]1O[C@H](c2ccncc2NC(=O)c2ccc(F)c(-c3c(F)cccc3P)n2)CC[C@@H]1O. The van der Waals surface area contributed by atoms with E-state index in [4.69, 9.17) is 4.74 Å². The van der Waals surface area contributed by atoms with Crippen molar-refractivity contribution in [2.75, 3.05) is 5.32 Å². The van der Waals surface area contributed by atoms with Crippen molar-refractivity contribution in [1.29, 1.82) is 0 Å². The van der Waals surface area contributed by atoms with Gasteiger partial charge in [0, 0.05) is 17.3 Å². The fourth-order valence-corrected chi connectivity index (χ4v) is 4.10. The number of aliphatic hydroxyl groups is 1. The molecule has 0 spiro atoms. The largest absolute Gasteiger partial charge is 0.390 e. The van der Waals surface area contributed by atoms with Crippen LogP contribution in [0.2, 0.25) is 0 Å². The van der Waals surface area contributed by atoms with Crippen LogP contribution >= 0.6 is 9.24 Å². The number of hydrogen-bond donors (Lipinski definition) is 2. The summed E-state index contributed by atoms with van der Waals surface area (Å²) in [6.45, 7) is 1.79. The van der Waals surface area contributed by atoms with Crippen LogP contribution in [0.3, 0.4) is 0 Å². The highest BCUT2D eigenvalue weighted by molar-refractivity contribution is 7.28. The molecule has 1 fully saturated rings. The number of rotatable bonds is 4. The van der Waals surface area contributed by atoms with Gasteiger partial charge in [-0.2, -0.15) is 0 Å². The van der Waals surface area contributed by atoms with E-state index < -0.39 is 23.6 Å². The second-order valence-corrected chi connectivity index (χ2v) is 8.24. The van der Waals surface area contributed by atoms with Gasteiger partial charge >= 0.3 is 0 Å². The topological polar surface area (TPSA) is 84.3 Å². The molecule has 1 aromatic carbocycles. The molecule has 2 N–H and O–H groups in total. The van der Waals surface area contributed by atoms with Gasteiger partial charge in [0.1, 0.15) is 23.0 Å². The van der Waals surface area contributed by atoms with Gasteiger partial charge in [-0.25, -0.2) is 13.8 Å². The van der Waals surface area contributed by atoms with Crippen molar-refractivity contribution in [3.05, 3.63) is 71.7 Å². The Bertz CT molecular complexity index is 1140. The number of benzene rings is 1. The van der Waals surface area contributed by atoms with Gasteiger partial charge in [-0.05, 0) is 49.3 Å². The molecule has 2 aromatic heterocycles. The van der Waals surface area contributed by atoms with E-state index >= 15 is 0 Å². The van der Waals surface area contributed by atoms with Crippen molar-refractivity contribution in [2.24, 2.45) is 0 Å². The van der Waals surface area contributed by atoms with Gasteiger partial charge in [-0.3, -0.25) is 9.78 Å². The summed E-state index contributed by atoms with van der Waals surface area (Å²) in [5.74, 6) is -1.96. The minimum atomic E-state index is -0.736. The van der Waals surface area contributed by atoms with E-state index in [-0.39, 0.29) is 29.2 Å². The lowest BCUT2D eigenvalue weighted by molar-refractivity contribution is -0.110. The molecule has 0 bridgehead atoms. The number of anilines is 1. The van der Waals surface area contributed by atoms with Crippen molar-refractivity contribution in [3.8, 4) is 11.3 Å². The van der Waals surface area contributed by atoms with E-state index in [1.54, 1.807) is 25.3 Å². The number of nitrogens with zero attached hydrogens (tertiary/aromatic N) is 2. The smallest absolute Gasteiger partial charge is 0.274 e. The molecule has 1 amide bonds. The predicted octanol–water partition coefficient (Wildman–Crippen LogP) is 3.78. The Morgan fingerprint density at radius 2 is 2.00 bits per heavy atom. The molecule has 166 valence electrons. The molecule has 3 heterocycles. The van der Waals surface area contributed by atoms with Gasteiger partial charge < -0.3 is 15.2 Å². The van der Waals surface area contributed by atoms with Crippen molar-refractivity contribution in [3.63, 3.8) is 0 Å². The summed E-state index contributed by atoms with van der Waals surface area (Å²) in [6.07, 6.45) is 3.06. The zero-order valence-electron chi connectivity index (χ0n) is 17.3. The monoisotopic (exact) mass is 457 g/mol. The van der Waals surface area contributed by atoms with Crippen molar-refractivity contribution < 1.29 is 23.4 Å². The third kappa shape index (κ3) is 4.53. The summed E-state index contributed by atoms with van der Waals surface area (Å²) in [4.78, 5) is 21.1. The first-order valence-corrected chi connectivity index (χ1v) is 10.7. The minimum absolute atomic E-state index is 0.0186. The Labute approximate surface area is 186 Å². The lowest BCUT2D eigenvalue weighted by Crippen LogP contribution is -2.33. The maximum absolute atomic E-state index is 14.5. The summed E-state index contributed by atoms with van der Waals surface area (Å²) in [6, 6.07) is 8.40. The van der Waals surface area contributed by atoms with E-state index in [2.05, 4.69) is 24.5 Å². The Morgan fingerprint density at radius 3 is 2.75 bits per heavy atom. The third-order valence-corrected chi connectivity index (χ3v) is 5.94. The van der Waals surface area contributed by atoms with Crippen LogP contribution in [0.1, 0.15) is 41.9 Å². The summed E-state index contributed by atoms with van der Waals surface area (Å²) >= 11 is 0. The minimum Gasteiger partial charge on any atom is -0.390 e. The molecule has 1 unspecified atom stereocenters. The van der Waals surface area contributed by atoms with Crippen molar-refractivity contribution in [2.45, 2.75) is 38.1 Å². The van der Waals surface area contributed by atoms with E-state index in [9.17, 15) is 18.7 Å². The summed E-state index contributed by atoms with van der Waals surface area (Å²) in [7, 11) is 2.34. The Hall–Kier alpha value is -2.80. The van der Waals surface area contributed by atoms with E-state index in [1.807, 2.05) is 0 Å². The number of pyridine rings is 2. The average molecular weight is 457 g/mol. The quantitative estimate of drug-likeness (QED) is 0.583. The first-order valence-electron chi connectivity index (χ1n) is 10.1. The molecule has 0 saturated carbocycles. The van der Waals surface area contributed by atoms with Gasteiger partial charge in [0.25, 0.3) is 5.91 Å². The fourth-order valence-electron chi connectivity index (χ4n) is 3.71. The highest BCUT2D eigenvalue weighted by atomic mass is 31.0. The molecule has 9 heteroatoms. The third-order valence-electron chi connectivity index (χ3n) is 5.46. The molecule has 0 aliphatic carbocycles. The van der Waals surface area contributed by atoms with Gasteiger partial charge in [0.15, 0.2) is 0 Å². The van der Waals surface area contributed by atoms with Crippen LogP contribution < -0.4 is 10.6 Å². The molecule has 3 aromatic rings. The zero-order chi connectivity index (χ0) is 22.8. The average Bonchev–Trinajstić information content (AvgIpc) is 2.77. The number of carbonyl (C=O) groups excluding carboxylic acids is 1. The molecule has 1 aliphatic heterocycles. The van der Waals surface area contributed by atoms with Crippen molar-refractivity contribution >= 4 is 26.1 Å². The molecule has 1 aliphatic rings. The second-order valence-electron chi connectivity index (χ2n) is 7.62. The van der Waals surface area contributed by atoms with Crippen LogP contribution in [0.15, 0.2) is 48.8 Å². The van der Waals surface area contributed by atoms with Crippen molar-refractivity contribution in [1.82, 2.24) is 9.97 Å². The highest BCUT2D eigenvalue weighted by Crippen LogP contribution is 2.35. The number of halogens is 2. The fraction of sp³-hybridized carbons (Fsp3) is 0.261. The first-order chi connectivity index (χ1) is 15.3. The van der Waals surface area contributed by atoms with Gasteiger partial charge in [0.2, 0.25) is 0 Å². The van der Waals surface area contributed by atoms with E-state index in [0.717, 1.165) is 11.6 Å². The molecule has 0 radical (unpaired) electrons. The van der Waals surface area contributed by atoms with E-state index in [0.29, 0.717) is 23.8 Å². The molecule has 4 atom stereocenters. The standard InChI is InChI=1S/C23H22F2N3O3P/c1-12-18(29)7-8-19(31-12)13-9-10-26-11-17(13)28-23(30)16-6-5-15(25)22(27-16)21-14(24)3-2-4-20(21)32/h2-6,9-12,18-19,29H,7-8,32H2,1H3,(H,28,30)/t12-,18-,19-/m0/s1. The Kier molecular flexibility index (Phi) is 6.55. The van der Waals surface area contributed by atoms with Gasteiger partial charge in [-0.15, -0.1) is 9.24 Å².